The molecule has 5 N–H and O–H groups in total. The van der Waals surface area contributed by atoms with Gasteiger partial charge in [-0.1, -0.05) is 42.5 Å². The number of nitrogens with zero attached hydrogens (tertiary/aromatic N) is 4. The summed E-state index contributed by atoms with van der Waals surface area (Å²) < 4.78 is 13.7. The summed E-state index contributed by atoms with van der Waals surface area (Å²) >= 11 is 1.26. The van der Waals surface area contributed by atoms with Crippen LogP contribution in [0, 0.1) is 0 Å². The van der Waals surface area contributed by atoms with Crippen LogP contribution in [-0.4, -0.2) is 59.1 Å². The van der Waals surface area contributed by atoms with Gasteiger partial charge in [-0.2, -0.15) is 4.98 Å². The van der Waals surface area contributed by atoms with Gasteiger partial charge in [0.1, 0.15) is 18.3 Å². The molecule has 6 rings (SSSR count). The van der Waals surface area contributed by atoms with Gasteiger partial charge in [0.2, 0.25) is 5.78 Å². The maximum Gasteiger partial charge on any atom is 0.287 e. The van der Waals surface area contributed by atoms with Crippen molar-refractivity contribution in [2.75, 3.05) is 12.3 Å². The molecule has 190 valence electrons. The molecule has 4 atom stereocenters. The lowest BCUT2D eigenvalue weighted by atomic mass is 10.1. The first-order valence-corrected chi connectivity index (χ1v) is 13.1. The predicted molar refractivity (Wildman–Crippen MR) is 141 cm³/mol. The molecule has 2 aromatic carbocycles. The zero-order valence-corrected chi connectivity index (χ0v) is 21.1. The van der Waals surface area contributed by atoms with Crippen molar-refractivity contribution in [2.24, 2.45) is 0 Å². The van der Waals surface area contributed by atoms with E-state index in [9.17, 15) is 15.0 Å². The Morgan fingerprint density at radius 1 is 1.19 bits per heavy atom. The molecular formula is C24H23N6O5PS. The summed E-state index contributed by atoms with van der Waals surface area (Å²) in [7, 11) is -0.283. The summed E-state index contributed by atoms with van der Waals surface area (Å²) in [6.45, 7) is 0.0462. The van der Waals surface area contributed by atoms with Crippen LogP contribution in [0.2, 0.25) is 0 Å². The van der Waals surface area contributed by atoms with E-state index in [1.54, 1.807) is 16.8 Å². The second kappa shape index (κ2) is 9.90. The van der Waals surface area contributed by atoms with Gasteiger partial charge in [0.05, 0.1) is 18.8 Å². The van der Waals surface area contributed by atoms with Gasteiger partial charge in [0, 0.05) is 16.8 Å². The molecule has 3 unspecified atom stereocenters. The third-order valence-corrected chi connectivity index (χ3v) is 7.84. The van der Waals surface area contributed by atoms with Crippen molar-refractivity contribution in [3.05, 3.63) is 71.1 Å². The second-order valence-corrected chi connectivity index (χ2v) is 10.3. The highest BCUT2D eigenvalue weighted by Gasteiger charge is 2.33. The Bertz CT molecular complexity index is 1640. The summed E-state index contributed by atoms with van der Waals surface area (Å²) in [4.78, 5) is 26.8. The van der Waals surface area contributed by atoms with Gasteiger partial charge in [0.25, 0.3) is 5.56 Å². The number of anilines is 1. The highest BCUT2D eigenvalue weighted by Crippen LogP contribution is 2.34. The SMILES string of the molecule is Nc1ccccc1Sc1nc2c(=O)n3cc(-c4ccccc4)[nH]c3nc2n1C[C@@H](O)C1OPOCC1O. The lowest BCUT2D eigenvalue weighted by Crippen LogP contribution is -2.44. The van der Waals surface area contributed by atoms with Crippen LogP contribution in [0.4, 0.5) is 5.69 Å². The van der Waals surface area contributed by atoms with Gasteiger partial charge in [-0.3, -0.25) is 4.79 Å². The Kier molecular flexibility index (Phi) is 6.45. The number of fused-ring (bicyclic) bond motifs is 2. The molecule has 0 radical (unpaired) electrons. The molecule has 0 spiro atoms. The molecule has 5 aromatic rings. The summed E-state index contributed by atoms with van der Waals surface area (Å²) in [6.07, 6.45) is -1.26. The highest BCUT2D eigenvalue weighted by atomic mass is 32.2. The van der Waals surface area contributed by atoms with E-state index in [-0.39, 0.29) is 33.3 Å². The molecule has 11 nitrogen and oxygen atoms in total. The number of nitrogen functional groups attached to an aromatic ring is 1. The molecule has 0 aliphatic carbocycles. The first-order valence-electron chi connectivity index (χ1n) is 11.5. The summed E-state index contributed by atoms with van der Waals surface area (Å²) in [5.74, 6) is 0.339. The molecule has 37 heavy (non-hydrogen) atoms. The number of benzene rings is 2. The van der Waals surface area contributed by atoms with Crippen LogP contribution in [0.15, 0.2) is 75.6 Å². The summed E-state index contributed by atoms with van der Waals surface area (Å²) in [5, 5.41) is 21.7. The Hall–Kier alpha value is -3.25. The number of para-hydroxylation sites is 1. The fraction of sp³-hybridized carbons (Fsp3) is 0.208. The van der Waals surface area contributed by atoms with Gasteiger partial charge < -0.3 is 34.5 Å². The van der Waals surface area contributed by atoms with Crippen LogP contribution in [0.25, 0.3) is 28.2 Å². The zero-order chi connectivity index (χ0) is 25.5. The summed E-state index contributed by atoms with van der Waals surface area (Å²) in [6, 6.07) is 16.9. The van der Waals surface area contributed by atoms with Crippen LogP contribution < -0.4 is 11.3 Å². The number of nitrogens with two attached hydrogens (primary N) is 1. The lowest BCUT2D eigenvalue weighted by molar-refractivity contribution is -0.0824. The predicted octanol–water partition coefficient (Wildman–Crippen LogP) is 2.42. The van der Waals surface area contributed by atoms with E-state index in [1.807, 2.05) is 48.5 Å². The molecule has 0 amide bonds. The molecule has 0 saturated carbocycles. The molecule has 1 saturated heterocycles. The quantitative estimate of drug-likeness (QED) is 0.189. The molecule has 1 aliphatic rings. The van der Waals surface area contributed by atoms with Crippen LogP contribution in [0.1, 0.15) is 0 Å². The Morgan fingerprint density at radius 3 is 2.76 bits per heavy atom. The Morgan fingerprint density at radius 2 is 1.97 bits per heavy atom. The van der Waals surface area contributed by atoms with E-state index in [0.29, 0.717) is 22.3 Å². The number of imidazole rings is 2. The van der Waals surface area contributed by atoms with Crippen molar-refractivity contribution in [1.29, 1.82) is 0 Å². The maximum atomic E-state index is 13.5. The van der Waals surface area contributed by atoms with Crippen molar-refractivity contribution in [3.8, 4) is 11.3 Å². The van der Waals surface area contributed by atoms with Gasteiger partial charge in [-0.05, 0) is 29.5 Å². The number of hydrogen-bond acceptors (Lipinski definition) is 9. The molecule has 1 fully saturated rings. The zero-order valence-electron chi connectivity index (χ0n) is 19.3. The Balaban J connectivity index is 1.48. The monoisotopic (exact) mass is 538 g/mol. The third-order valence-electron chi connectivity index (χ3n) is 6.10. The first kappa shape index (κ1) is 24.1. The number of aromatic nitrogens is 5. The number of aromatic amines is 1. The minimum atomic E-state index is -1.11. The van der Waals surface area contributed by atoms with Crippen molar-refractivity contribution in [2.45, 2.75) is 34.9 Å². The average molecular weight is 539 g/mol. The van der Waals surface area contributed by atoms with E-state index in [1.165, 1.54) is 16.2 Å². The number of H-pyrrole nitrogens is 1. The van der Waals surface area contributed by atoms with E-state index in [4.69, 9.17) is 19.8 Å². The van der Waals surface area contributed by atoms with Crippen LogP contribution >= 0.6 is 20.8 Å². The van der Waals surface area contributed by atoms with Gasteiger partial charge in [-0.15, -0.1) is 0 Å². The van der Waals surface area contributed by atoms with Crippen molar-refractivity contribution in [3.63, 3.8) is 0 Å². The maximum absolute atomic E-state index is 13.5. The van der Waals surface area contributed by atoms with E-state index in [2.05, 4.69) is 9.97 Å². The molecule has 4 heterocycles. The fourth-order valence-electron chi connectivity index (χ4n) is 4.22. The van der Waals surface area contributed by atoms with E-state index < -0.39 is 18.3 Å². The van der Waals surface area contributed by atoms with Crippen molar-refractivity contribution >= 4 is 43.4 Å². The first-order chi connectivity index (χ1) is 18.0. The number of rotatable bonds is 6. The number of hydrogen-bond donors (Lipinski definition) is 4. The fourth-order valence-corrected chi connectivity index (χ4v) is 5.89. The second-order valence-electron chi connectivity index (χ2n) is 8.57. The van der Waals surface area contributed by atoms with Crippen LogP contribution in [-0.2, 0) is 15.6 Å². The molecule has 0 bridgehead atoms. The average Bonchev–Trinajstić information content (AvgIpc) is 3.49. The van der Waals surface area contributed by atoms with Crippen molar-refractivity contribution < 1.29 is 19.3 Å². The lowest BCUT2D eigenvalue weighted by Gasteiger charge is -2.31. The minimum absolute atomic E-state index is 0.0212. The number of aliphatic hydroxyl groups excluding tert-OH is 2. The van der Waals surface area contributed by atoms with E-state index in [0.717, 1.165) is 16.2 Å². The highest BCUT2D eigenvalue weighted by molar-refractivity contribution is 7.99. The van der Waals surface area contributed by atoms with Crippen LogP contribution in [0.3, 0.4) is 0 Å². The van der Waals surface area contributed by atoms with Gasteiger partial charge >= 0.3 is 0 Å². The number of nitrogens with one attached hydrogen (secondary N) is 1. The van der Waals surface area contributed by atoms with Gasteiger partial charge in [0.15, 0.2) is 25.4 Å². The molecule has 3 aromatic heterocycles. The third kappa shape index (κ3) is 4.52. The molecule has 13 heteroatoms. The standard InChI is InChI=1S/C24H23N6O5PS/c25-14-8-4-5-9-18(14)37-24-27-19-21(29(24)11-16(31)20-17(32)12-34-36-35-20)28-23-26-15(10-30(23)22(19)33)13-6-2-1-3-7-13/h1-10,16-17,20,31-32,36H,11-12,25H2,(H,26,28)/t16-,17?,20?/m1/s1. The Labute approximate surface area is 216 Å². The molecule has 1 aliphatic heterocycles. The summed E-state index contributed by atoms with van der Waals surface area (Å²) in [5.41, 5.74) is 8.45. The minimum Gasteiger partial charge on any atom is -0.398 e. The van der Waals surface area contributed by atoms with Crippen molar-refractivity contribution in [1.82, 2.24) is 23.9 Å². The molecular weight excluding hydrogens is 515 g/mol. The van der Waals surface area contributed by atoms with Crippen LogP contribution in [0.5, 0.6) is 0 Å². The van der Waals surface area contributed by atoms with Gasteiger partial charge in [-0.25, -0.2) is 9.38 Å². The van der Waals surface area contributed by atoms with E-state index >= 15 is 0 Å². The number of aliphatic hydroxyl groups is 2. The smallest absolute Gasteiger partial charge is 0.287 e. The topological polar surface area (TPSA) is 153 Å². The normalized spacial score (nSPS) is 19.6. The largest absolute Gasteiger partial charge is 0.398 e.